The zero-order valence-corrected chi connectivity index (χ0v) is 11.0. The van der Waals surface area contributed by atoms with Gasteiger partial charge in [-0.2, -0.15) is 5.10 Å². The van der Waals surface area contributed by atoms with E-state index in [0.717, 1.165) is 11.1 Å². The molecule has 1 N–H and O–H groups in total. The van der Waals surface area contributed by atoms with E-state index in [1.54, 1.807) is 6.21 Å². The number of carbonyl (C=O) groups excluding carboxylic acids is 1. The summed E-state index contributed by atoms with van der Waals surface area (Å²) in [5.41, 5.74) is 4.64. The molecule has 0 saturated heterocycles. The SMILES string of the molecule is C/C(C=NNC(=O)c1cnccn1)=C/c1ccccc1. The molecule has 100 valence electrons. The van der Waals surface area contributed by atoms with Gasteiger partial charge in [-0.3, -0.25) is 9.78 Å². The number of carbonyl (C=O) groups is 1. The summed E-state index contributed by atoms with van der Waals surface area (Å²) in [4.78, 5) is 19.3. The molecule has 20 heavy (non-hydrogen) atoms. The monoisotopic (exact) mass is 266 g/mol. The number of allylic oxidation sites excluding steroid dienone is 1. The molecule has 0 atom stereocenters. The van der Waals surface area contributed by atoms with E-state index < -0.39 is 0 Å². The zero-order chi connectivity index (χ0) is 14.2. The smallest absolute Gasteiger partial charge is 0.265 e. The summed E-state index contributed by atoms with van der Waals surface area (Å²) in [5, 5.41) is 3.88. The van der Waals surface area contributed by atoms with Crippen LogP contribution < -0.4 is 5.43 Å². The van der Waals surface area contributed by atoms with Crippen LogP contribution >= 0.6 is 0 Å². The van der Waals surface area contributed by atoms with E-state index >= 15 is 0 Å². The maximum atomic E-state index is 11.6. The first-order chi connectivity index (χ1) is 9.75. The Morgan fingerprint density at radius 3 is 2.75 bits per heavy atom. The molecule has 5 nitrogen and oxygen atoms in total. The lowest BCUT2D eigenvalue weighted by Crippen LogP contribution is -2.19. The number of nitrogens with zero attached hydrogens (tertiary/aromatic N) is 3. The van der Waals surface area contributed by atoms with Gasteiger partial charge in [0.1, 0.15) is 5.69 Å². The maximum Gasteiger partial charge on any atom is 0.291 e. The lowest BCUT2D eigenvalue weighted by Gasteiger charge is -1.98. The fourth-order valence-electron chi connectivity index (χ4n) is 1.52. The number of hydrazone groups is 1. The van der Waals surface area contributed by atoms with Gasteiger partial charge in [0.25, 0.3) is 5.91 Å². The van der Waals surface area contributed by atoms with Crippen LogP contribution in [0.5, 0.6) is 0 Å². The van der Waals surface area contributed by atoms with Gasteiger partial charge < -0.3 is 0 Å². The zero-order valence-electron chi connectivity index (χ0n) is 11.0. The molecule has 1 amide bonds. The van der Waals surface area contributed by atoms with E-state index in [1.165, 1.54) is 18.6 Å². The average Bonchev–Trinajstić information content (AvgIpc) is 2.49. The van der Waals surface area contributed by atoms with Gasteiger partial charge in [0, 0.05) is 12.4 Å². The molecule has 0 fully saturated rings. The van der Waals surface area contributed by atoms with Crippen LogP contribution in [0.2, 0.25) is 0 Å². The minimum Gasteiger partial charge on any atom is -0.265 e. The number of nitrogens with one attached hydrogen (secondary N) is 1. The standard InChI is InChI=1S/C15H14N4O/c1-12(9-13-5-3-2-4-6-13)10-18-19-15(20)14-11-16-7-8-17-14/h2-11H,1H3,(H,19,20)/b12-9-,18-10?. The van der Waals surface area contributed by atoms with Crippen molar-refractivity contribution in [1.29, 1.82) is 0 Å². The molecule has 0 bridgehead atoms. The molecule has 1 aromatic carbocycles. The summed E-state index contributed by atoms with van der Waals surface area (Å²) in [6, 6.07) is 9.88. The second-order valence-electron chi connectivity index (χ2n) is 4.09. The Labute approximate surface area is 117 Å². The van der Waals surface area contributed by atoms with Crippen molar-refractivity contribution >= 4 is 18.2 Å². The van der Waals surface area contributed by atoms with Crippen LogP contribution in [0.1, 0.15) is 23.0 Å². The third kappa shape index (κ3) is 4.13. The van der Waals surface area contributed by atoms with Crippen molar-refractivity contribution < 1.29 is 4.79 Å². The highest BCUT2D eigenvalue weighted by Crippen LogP contribution is 2.04. The van der Waals surface area contributed by atoms with Crippen LogP contribution in [-0.4, -0.2) is 22.1 Å². The number of amides is 1. The van der Waals surface area contributed by atoms with Gasteiger partial charge in [-0.1, -0.05) is 36.4 Å². The van der Waals surface area contributed by atoms with Gasteiger partial charge in [0.15, 0.2) is 0 Å². The summed E-state index contributed by atoms with van der Waals surface area (Å²) < 4.78 is 0. The largest absolute Gasteiger partial charge is 0.291 e. The van der Waals surface area contributed by atoms with Crippen LogP contribution in [0.25, 0.3) is 6.08 Å². The molecule has 2 rings (SSSR count). The lowest BCUT2D eigenvalue weighted by molar-refractivity contribution is 0.0949. The Bertz CT molecular complexity index is 621. The highest BCUT2D eigenvalue weighted by Gasteiger charge is 2.03. The minimum atomic E-state index is -0.387. The van der Waals surface area contributed by atoms with E-state index in [-0.39, 0.29) is 11.6 Å². The van der Waals surface area contributed by atoms with Crippen molar-refractivity contribution in [3.8, 4) is 0 Å². The fraction of sp³-hybridized carbons (Fsp3) is 0.0667. The lowest BCUT2D eigenvalue weighted by atomic mass is 10.1. The summed E-state index contributed by atoms with van der Waals surface area (Å²) >= 11 is 0. The third-order valence-electron chi connectivity index (χ3n) is 2.42. The van der Waals surface area contributed by atoms with Gasteiger partial charge in [-0.25, -0.2) is 10.4 Å². The Balaban J connectivity index is 1.94. The molecule has 0 aliphatic rings. The Morgan fingerprint density at radius 2 is 2.05 bits per heavy atom. The van der Waals surface area contributed by atoms with Crippen LogP contribution in [0.4, 0.5) is 0 Å². The molecule has 1 heterocycles. The van der Waals surface area contributed by atoms with E-state index in [9.17, 15) is 4.79 Å². The number of hydrogen-bond acceptors (Lipinski definition) is 4. The number of rotatable bonds is 4. The van der Waals surface area contributed by atoms with E-state index in [1.807, 2.05) is 43.3 Å². The average molecular weight is 266 g/mol. The van der Waals surface area contributed by atoms with Crippen LogP contribution in [0.15, 0.2) is 59.6 Å². The predicted molar refractivity (Wildman–Crippen MR) is 78.1 cm³/mol. The summed E-state index contributed by atoms with van der Waals surface area (Å²) in [5.74, 6) is -0.387. The second-order valence-corrected chi connectivity index (χ2v) is 4.09. The minimum absolute atomic E-state index is 0.231. The van der Waals surface area contributed by atoms with E-state index in [4.69, 9.17) is 0 Å². The van der Waals surface area contributed by atoms with Crippen molar-refractivity contribution in [3.05, 3.63) is 65.8 Å². The molecule has 0 saturated carbocycles. The number of hydrogen-bond donors (Lipinski definition) is 1. The predicted octanol–water partition coefficient (Wildman–Crippen LogP) is 2.30. The first-order valence-electron chi connectivity index (χ1n) is 6.08. The van der Waals surface area contributed by atoms with Crippen LogP contribution in [-0.2, 0) is 0 Å². The molecule has 2 aromatic rings. The molecule has 0 unspecified atom stereocenters. The fourth-order valence-corrected chi connectivity index (χ4v) is 1.52. The molecule has 5 heteroatoms. The molecular weight excluding hydrogens is 252 g/mol. The van der Waals surface area contributed by atoms with Crippen LogP contribution in [0, 0.1) is 0 Å². The first-order valence-corrected chi connectivity index (χ1v) is 6.08. The van der Waals surface area contributed by atoms with Gasteiger partial charge in [0.2, 0.25) is 0 Å². The normalized spacial score (nSPS) is 11.6. The number of benzene rings is 1. The Hall–Kier alpha value is -2.82. The van der Waals surface area contributed by atoms with E-state index in [0.29, 0.717) is 0 Å². The van der Waals surface area contributed by atoms with Crippen molar-refractivity contribution in [2.75, 3.05) is 0 Å². The molecule has 0 radical (unpaired) electrons. The van der Waals surface area contributed by atoms with E-state index in [2.05, 4.69) is 20.5 Å². The summed E-state index contributed by atoms with van der Waals surface area (Å²) in [6.45, 7) is 1.91. The molecule has 0 aliphatic heterocycles. The Morgan fingerprint density at radius 1 is 1.25 bits per heavy atom. The second kappa shape index (κ2) is 6.94. The molecular formula is C15H14N4O. The Kier molecular flexibility index (Phi) is 4.72. The van der Waals surface area contributed by atoms with Gasteiger partial charge in [-0.05, 0) is 18.1 Å². The highest BCUT2D eigenvalue weighted by molar-refractivity contribution is 5.93. The highest BCUT2D eigenvalue weighted by atomic mass is 16.2. The summed E-state index contributed by atoms with van der Waals surface area (Å²) in [6.07, 6.45) is 7.91. The van der Waals surface area contributed by atoms with Gasteiger partial charge in [-0.15, -0.1) is 0 Å². The van der Waals surface area contributed by atoms with Crippen molar-refractivity contribution in [2.24, 2.45) is 5.10 Å². The van der Waals surface area contributed by atoms with Crippen molar-refractivity contribution in [1.82, 2.24) is 15.4 Å². The topological polar surface area (TPSA) is 67.2 Å². The summed E-state index contributed by atoms with van der Waals surface area (Å²) in [7, 11) is 0. The van der Waals surface area contributed by atoms with Gasteiger partial charge >= 0.3 is 0 Å². The third-order valence-corrected chi connectivity index (χ3v) is 2.42. The molecule has 0 aliphatic carbocycles. The quantitative estimate of drug-likeness (QED) is 0.682. The van der Waals surface area contributed by atoms with Crippen molar-refractivity contribution in [3.63, 3.8) is 0 Å². The molecule has 0 spiro atoms. The number of aromatic nitrogens is 2. The van der Waals surface area contributed by atoms with Gasteiger partial charge in [0.05, 0.1) is 12.4 Å². The van der Waals surface area contributed by atoms with Crippen LogP contribution in [0.3, 0.4) is 0 Å². The maximum absolute atomic E-state index is 11.6. The first kappa shape index (κ1) is 13.6. The molecule has 1 aromatic heterocycles. The van der Waals surface area contributed by atoms with Crippen molar-refractivity contribution in [2.45, 2.75) is 6.92 Å².